The molecule has 0 saturated carbocycles. The molecular weight excluding hydrogens is 466 g/mol. The molecule has 5 rings (SSSR count). The standard InChI is InChI=1S/C31H29NO5/c1-6-14-36-24-13-10-21(17-26(24)35-7-2)28-27-29(33)23-15-19(4)20(5)16-25(23)37-30(27)31(34)32(28)22-11-8-18(3)9-12-22/h6,8-13,15-17,28H,1,7,14H2,2-5H3. The van der Waals surface area contributed by atoms with Gasteiger partial charge in [0, 0.05) is 5.69 Å². The molecule has 0 spiro atoms. The largest absolute Gasteiger partial charge is 0.490 e. The van der Waals surface area contributed by atoms with Gasteiger partial charge in [-0.2, -0.15) is 0 Å². The van der Waals surface area contributed by atoms with Gasteiger partial charge >= 0.3 is 0 Å². The van der Waals surface area contributed by atoms with Crippen molar-refractivity contribution < 1.29 is 18.7 Å². The molecule has 1 aliphatic rings. The first kappa shape index (κ1) is 24.4. The minimum Gasteiger partial charge on any atom is -0.490 e. The van der Waals surface area contributed by atoms with Crippen LogP contribution in [0.3, 0.4) is 0 Å². The molecule has 0 saturated heterocycles. The average Bonchev–Trinajstić information content (AvgIpc) is 3.17. The third kappa shape index (κ3) is 4.18. The molecule has 1 atom stereocenters. The monoisotopic (exact) mass is 495 g/mol. The lowest BCUT2D eigenvalue weighted by atomic mass is 9.96. The number of amides is 1. The van der Waals surface area contributed by atoms with Crippen LogP contribution < -0.4 is 19.8 Å². The van der Waals surface area contributed by atoms with Crippen molar-refractivity contribution in [1.29, 1.82) is 0 Å². The Morgan fingerprint density at radius 3 is 2.38 bits per heavy atom. The van der Waals surface area contributed by atoms with E-state index in [0.29, 0.717) is 46.9 Å². The van der Waals surface area contributed by atoms with Gasteiger partial charge in [0.15, 0.2) is 16.9 Å². The Balaban J connectivity index is 1.77. The van der Waals surface area contributed by atoms with Crippen molar-refractivity contribution in [1.82, 2.24) is 0 Å². The van der Waals surface area contributed by atoms with Crippen molar-refractivity contribution in [3.63, 3.8) is 0 Å². The Bertz CT molecular complexity index is 1580. The van der Waals surface area contributed by atoms with Crippen LogP contribution in [-0.4, -0.2) is 19.1 Å². The maximum Gasteiger partial charge on any atom is 0.295 e. The zero-order valence-corrected chi connectivity index (χ0v) is 21.5. The third-order valence-corrected chi connectivity index (χ3v) is 6.74. The van der Waals surface area contributed by atoms with E-state index in [9.17, 15) is 9.59 Å². The van der Waals surface area contributed by atoms with Gasteiger partial charge in [0.25, 0.3) is 5.91 Å². The fourth-order valence-corrected chi connectivity index (χ4v) is 4.75. The summed E-state index contributed by atoms with van der Waals surface area (Å²) in [6.45, 7) is 12.3. The summed E-state index contributed by atoms with van der Waals surface area (Å²) < 4.78 is 17.8. The first-order chi connectivity index (χ1) is 17.8. The molecule has 1 aliphatic heterocycles. The van der Waals surface area contributed by atoms with Crippen molar-refractivity contribution in [2.24, 2.45) is 0 Å². The van der Waals surface area contributed by atoms with E-state index in [-0.39, 0.29) is 17.1 Å². The first-order valence-electron chi connectivity index (χ1n) is 12.3. The lowest BCUT2D eigenvalue weighted by Crippen LogP contribution is -2.29. The van der Waals surface area contributed by atoms with Gasteiger partial charge in [-0.25, -0.2) is 0 Å². The molecule has 3 aromatic carbocycles. The van der Waals surface area contributed by atoms with Gasteiger partial charge in [-0.1, -0.05) is 36.4 Å². The van der Waals surface area contributed by atoms with E-state index in [4.69, 9.17) is 13.9 Å². The second-order valence-electron chi connectivity index (χ2n) is 9.26. The SMILES string of the molecule is C=CCOc1ccc(C2c3c(oc4cc(C)c(C)cc4c3=O)C(=O)N2c2ccc(C)cc2)cc1OCC. The summed E-state index contributed by atoms with van der Waals surface area (Å²) in [5.74, 6) is 0.805. The lowest BCUT2D eigenvalue weighted by Gasteiger charge is -2.26. The number of aryl methyl sites for hydroxylation is 3. The summed E-state index contributed by atoms with van der Waals surface area (Å²) in [4.78, 5) is 29.4. The summed E-state index contributed by atoms with van der Waals surface area (Å²) in [7, 11) is 0. The molecular formula is C31H29NO5. The van der Waals surface area contributed by atoms with Crippen LogP contribution in [0, 0.1) is 20.8 Å². The van der Waals surface area contributed by atoms with E-state index in [2.05, 4.69) is 6.58 Å². The molecule has 0 N–H and O–H groups in total. The van der Waals surface area contributed by atoms with Crippen molar-refractivity contribution in [3.05, 3.63) is 111 Å². The maximum absolute atomic E-state index is 14.0. The van der Waals surface area contributed by atoms with Gasteiger partial charge in [-0.15, -0.1) is 0 Å². The number of benzene rings is 3. The number of carbonyl (C=O) groups excluding carboxylic acids is 1. The molecule has 1 unspecified atom stereocenters. The number of ether oxygens (including phenoxy) is 2. The zero-order chi connectivity index (χ0) is 26.3. The van der Waals surface area contributed by atoms with E-state index in [0.717, 1.165) is 22.3 Å². The zero-order valence-electron chi connectivity index (χ0n) is 21.5. The number of fused-ring (bicyclic) bond motifs is 2. The van der Waals surface area contributed by atoms with Crippen LogP contribution in [0.2, 0.25) is 0 Å². The summed E-state index contributed by atoms with van der Waals surface area (Å²) in [6.07, 6.45) is 1.66. The Morgan fingerprint density at radius 1 is 0.946 bits per heavy atom. The van der Waals surface area contributed by atoms with Crippen LogP contribution in [0.25, 0.3) is 11.0 Å². The van der Waals surface area contributed by atoms with Gasteiger partial charge in [0.2, 0.25) is 5.76 Å². The van der Waals surface area contributed by atoms with Crippen molar-refractivity contribution >= 4 is 22.6 Å². The Hall–Kier alpha value is -4.32. The topological polar surface area (TPSA) is 69.0 Å². The number of carbonyl (C=O) groups is 1. The average molecular weight is 496 g/mol. The second-order valence-corrected chi connectivity index (χ2v) is 9.26. The lowest BCUT2D eigenvalue weighted by molar-refractivity contribution is 0.0971. The fourth-order valence-electron chi connectivity index (χ4n) is 4.75. The summed E-state index contributed by atoms with van der Waals surface area (Å²) in [6, 6.07) is 16.1. The normalized spacial score (nSPS) is 14.6. The number of rotatable bonds is 7. The Morgan fingerprint density at radius 2 is 1.68 bits per heavy atom. The first-order valence-corrected chi connectivity index (χ1v) is 12.3. The van der Waals surface area contributed by atoms with E-state index in [1.54, 1.807) is 17.0 Å². The Kier molecular flexibility index (Phi) is 6.34. The number of anilines is 1. The molecule has 1 amide bonds. The van der Waals surface area contributed by atoms with Crippen LogP contribution >= 0.6 is 0 Å². The van der Waals surface area contributed by atoms with Gasteiger partial charge in [0.1, 0.15) is 12.2 Å². The molecule has 1 aromatic heterocycles. The summed E-state index contributed by atoms with van der Waals surface area (Å²) >= 11 is 0. The predicted molar refractivity (Wildman–Crippen MR) is 145 cm³/mol. The highest BCUT2D eigenvalue weighted by molar-refractivity contribution is 6.10. The maximum atomic E-state index is 14.0. The van der Waals surface area contributed by atoms with Crippen molar-refractivity contribution in [3.8, 4) is 11.5 Å². The number of nitrogens with zero attached hydrogens (tertiary/aromatic N) is 1. The van der Waals surface area contributed by atoms with Crippen LogP contribution in [0.1, 0.15) is 51.3 Å². The summed E-state index contributed by atoms with van der Waals surface area (Å²) in [5, 5.41) is 0.460. The quantitative estimate of drug-likeness (QED) is 0.276. The van der Waals surface area contributed by atoms with Gasteiger partial charge < -0.3 is 13.9 Å². The van der Waals surface area contributed by atoms with Crippen LogP contribution in [0.5, 0.6) is 11.5 Å². The summed E-state index contributed by atoms with van der Waals surface area (Å²) in [5.41, 5.74) is 4.96. The third-order valence-electron chi connectivity index (χ3n) is 6.74. The van der Waals surface area contributed by atoms with E-state index >= 15 is 0 Å². The molecule has 0 fully saturated rings. The minimum absolute atomic E-state index is 0.0660. The molecule has 2 heterocycles. The van der Waals surface area contributed by atoms with Crippen LogP contribution in [-0.2, 0) is 0 Å². The van der Waals surface area contributed by atoms with Crippen LogP contribution in [0.4, 0.5) is 5.69 Å². The van der Waals surface area contributed by atoms with E-state index in [1.165, 1.54) is 0 Å². The number of hydrogen-bond donors (Lipinski definition) is 0. The minimum atomic E-state index is -0.694. The highest BCUT2D eigenvalue weighted by Crippen LogP contribution is 2.43. The molecule has 0 aliphatic carbocycles. The van der Waals surface area contributed by atoms with Gasteiger partial charge in [-0.3, -0.25) is 14.5 Å². The molecule has 6 nitrogen and oxygen atoms in total. The van der Waals surface area contributed by atoms with Crippen molar-refractivity contribution in [2.75, 3.05) is 18.1 Å². The highest BCUT2D eigenvalue weighted by Gasteiger charge is 2.44. The predicted octanol–water partition coefficient (Wildman–Crippen LogP) is 6.43. The molecule has 6 heteroatoms. The Labute approximate surface area is 215 Å². The molecule has 188 valence electrons. The van der Waals surface area contributed by atoms with Gasteiger partial charge in [-0.05, 0) is 80.8 Å². The molecule has 0 radical (unpaired) electrons. The van der Waals surface area contributed by atoms with E-state index < -0.39 is 6.04 Å². The molecule has 4 aromatic rings. The number of hydrogen-bond acceptors (Lipinski definition) is 5. The second kappa shape index (κ2) is 9.62. The van der Waals surface area contributed by atoms with Crippen molar-refractivity contribution in [2.45, 2.75) is 33.7 Å². The highest BCUT2D eigenvalue weighted by atomic mass is 16.5. The molecule has 0 bridgehead atoms. The smallest absolute Gasteiger partial charge is 0.295 e. The fraction of sp³-hybridized carbons (Fsp3) is 0.226. The van der Waals surface area contributed by atoms with E-state index in [1.807, 2.05) is 76.2 Å². The molecule has 37 heavy (non-hydrogen) atoms. The van der Waals surface area contributed by atoms with Gasteiger partial charge in [0.05, 0.1) is 23.6 Å². The van der Waals surface area contributed by atoms with Crippen LogP contribution in [0.15, 0.2) is 76.5 Å².